The first-order valence-electron chi connectivity index (χ1n) is 4.95. The van der Waals surface area contributed by atoms with Gasteiger partial charge in [-0.3, -0.25) is 5.84 Å². The summed E-state index contributed by atoms with van der Waals surface area (Å²) in [5.74, 6) is 3.60. The van der Waals surface area contributed by atoms with Crippen molar-refractivity contribution in [3.8, 4) is 0 Å². The lowest BCUT2D eigenvalue weighted by Crippen LogP contribution is -2.30. The molecule has 0 saturated heterocycles. The fourth-order valence-corrected chi connectivity index (χ4v) is 2.23. The van der Waals surface area contributed by atoms with Crippen LogP contribution in [0.5, 0.6) is 0 Å². The maximum absolute atomic E-state index is 13.6. The SMILES string of the molecule is Cc1nc(C(NN)c2cccc(F)c2F)cs1. The summed E-state index contributed by atoms with van der Waals surface area (Å²) >= 11 is 1.43. The van der Waals surface area contributed by atoms with Crippen LogP contribution in [0.4, 0.5) is 8.78 Å². The van der Waals surface area contributed by atoms with Crippen molar-refractivity contribution in [2.45, 2.75) is 13.0 Å². The average Bonchev–Trinajstić information content (AvgIpc) is 2.72. The molecule has 0 fully saturated rings. The van der Waals surface area contributed by atoms with E-state index in [4.69, 9.17) is 5.84 Å². The number of benzene rings is 1. The lowest BCUT2D eigenvalue weighted by Gasteiger charge is -2.14. The molecule has 90 valence electrons. The molecule has 2 aromatic rings. The molecule has 0 bridgehead atoms. The van der Waals surface area contributed by atoms with Crippen molar-refractivity contribution in [2.75, 3.05) is 0 Å². The number of halogens is 2. The van der Waals surface area contributed by atoms with Gasteiger partial charge in [-0.1, -0.05) is 12.1 Å². The minimum absolute atomic E-state index is 0.151. The topological polar surface area (TPSA) is 50.9 Å². The van der Waals surface area contributed by atoms with Crippen molar-refractivity contribution in [1.29, 1.82) is 0 Å². The van der Waals surface area contributed by atoms with Gasteiger partial charge in [-0.15, -0.1) is 11.3 Å². The van der Waals surface area contributed by atoms with Gasteiger partial charge in [0, 0.05) is 10.9 Å². The van der Waals surface area contributed by atoms with Crippen LogP contribution in [-0.2, 0) is 0 Å². The van der Waals surface area contributed by atoms with Crippen LogP contribution in [0.1, 0.15) is 22.3 Å². The van der Waals surface area contributed by atoms with Gasteiger partial charge in [0.15, 0.2) is 11.6 Å². The monoisotopic (exact) mass is 255 g/mol. The number of nitrogens with zero attached hydrogens (tertiary/aromatic N) is 1. The molecule has 0 radical (unpaired) electrons. The first-order valence-corrected chi connectivity index (χ1v) is 5.83. The van der Waals surface area contributed by atoms with Crippen molar-refractivity contribution in [2.24, 2.45) is 5.84 Å². The smallest absolute Gasteiger partial charge is 0.164 e. The van der Waals surface area contributed by atoms with Crippen LogP contribution in [0.3, 0.4) is 0 Å². The molecule has 1 unspecified atom stereocenters. The minimum Gasteiger partial charge on any atom is -0.271 e. The highest BCUT2D eigenvalue weighted by molar-refractivity contribution is 7.09. The van der Waals surface area contributed by atoms with Gasteiger partial charge in [-0.2, -0.15) is 0 Å². The second-order valence-electron chi connectivity index (χ2n) is 3.53. The summed E-state index contributed by atoms with van der Waals surface area (Å²) in [4.78, 5) is 4.22. The Morgan fingerprint density at radius 3 is 2.76 bits per heavy atom. The van der Waals surface area contributed by atoms with Gasteiger partial charge in [0.1, 0.15) is 0 Å². The molecule has 3 nitrogen and oxygen atoms in total. The molecule has 1 aromatic carbocycles. The molecule has 0 aliphatic heterocycles. The summed E-state index contributed by atoms with van der Waals surface area (Å²) in [5.41, 5.74) is 3.19. The Labute approximate surface area is 101 Å². The maximum Gasteiger partial charge on any atom is 0.164 e. The third kappa shape index (κ3) is 2.33. The van der Waals surface area contributed by atoms with E-state index < -0.39 is 17.7 Å². The summed E-state index contributed by atoms with van der Waals surface area (Å²) in [6.07, 6.45) is 0. The largest absolute Gasteiger partial charge is 0.271 e. The van der Waals surface area contributed by atoms with Crippen LogP contribution in [0.2, 0.25) is 0 Å². The fraction of sp³-hybridized carbons (Fsp3) is 0.182. The molecule has 0 aliphatic rings. The Morgan fingerprint density at radius 1 is 1.41 bits per heavy atom. The van der Waals surface area contributed by atoms with E-state index in [0.29, 0.717) is 5.69 Å². The Morgan fingerprint density at radius 2 is 2.18 bits per heavy atom. The quantitative estimate of drug-likeness (QED) is 0.653. The third-order valence-corrected chi connectivity index (χ3v) is 3.18. The van der Waals surface area contributed by atoms with Crippen molar-refractivity contribution in [3.05, 3.63) is 51.5 Å². The van der Waals surface area contributed by atoms with E-state index in [-0.39, 0.29) is 5.56 Å². The molecule has 0 saturated carbocycles. The zero-order chi connectivity index (χ0) is 12.4. The Kier molecular flexibility index (Phi) is 3.46. The predicted molar refractivity (Wildman–Crippen MR) is 62.4 cm³/mol. The Bertz CT molecular complexity index is 527. The molecule has 6 heteroatoms. The first kappa shape index (κ1) is 12.1. The number of thiazole rings is 1. The molecule has 0 aliphatic carbocycles. The van der Waals surface area contributed by atoms with Gasteiger partial charge < -0.3 is 0 Å². The normalized spacial score (nSPS) is 12.7. The summed E-state index contributed by atoms with van der Waals surface area (Å²) in [5, 5.41) is 2.61. The van der Waals surface area contributed by atoms with Crippen molar-refractivity contribution in [1.82, 2.24) is 10.4 Å². The van der Waals surface area contributed by atoms with Crippen molar-refractivity contribution in [3.63, 3.8) is 0 Å². The number of hydrogen-bond acceptors (Lipinski definition) is 4. The molecule has 17 heavy (non-hydrogen) atoms. The van der Waals surface area contributed by atoms with Gasteiger partial charge in [-0.05, 0) is 13.0 Å². The zero-order valence-corrected chi connectivity index (χ0v) is 9.89. The van der Waals surface area contributed by atoms with Crippen molar-refractivity contribution >= 4 is 11.3 Å². The number of nitrogens with two attached hydrogens (primary N) is 1. The van der Waals surface area contributed by atoms with E-state index in [1.54, 1.807) is 5.38 Å². The lowest BCUT2D eigenvalue weighted by atomic mass is 10.0. The van der Waals surface area contributed by atoms with Crippen LogP contribution in [0, 0.1) is 18.6 Å². The molecule has 2 rings (SSSR count). The van der Waals surface area contributed by atoms with E-state index in [0.717, 1.165) is 11.1 Å². The molecule has 0 spiro atoms. The second-order valence-corrected chi connectivity index (χ2v) is 4.60. The van der Waals surface area contributed by atoms with E-state index in [1.807, 2.05) is 6.92 Å². The Hall–Kier alpha value is -1.37. The standard InChI is InChI=1S/C11H11F2N3S/c1-6-15-9(5-17-6)11(16-14)7-3-2-4-8(12)10(7)13/h2-5,11,16H,14H2,1H3. The first-order chi connectivity index (χ1) is 8.13. The summed E-state index contributed by atoms with van der Waals surface area (Å²) < 4.78 is 26.8. The van der Waals surface area contributed by atoms with E-state index in [9.17, 15) is 8.78 Å². The molecule has 1 aromatic heterocycles. The maximum atomic E-state index is 13.6. The van der Waals surface area contributed by atoms with E-state index >= 15 is 0 Å². The highest BCUT2D eigenvalue weighted by Crippen LogP contribution is 2.25. The van der Waals surface area contributed by atoms with Gasteiger partial charge in [0.25, 0.3) is 0 Å². The molecule has 3 N–H and O–H groups in total. The molecule has 1 heterocycles. The highest BCUT2D eigenvalue weighted by Gasteiger charge is 2.20. The zero-order valence-electron chi connectivity index (χ0n) is 9.08. The summed E-state index contributed by atoms with van der Waals surface area (Å²) in [6, 6.07) is 3.35. The Balaban J connectivity index is 2.45. The number of nitrogens with one attached hydrogen (secondary N) is 1. The average molecular weight is 255 g/mol. The molecular formula is C11H11F2N3S. The molecular weight excluding hydrogens is 244 g/mol. The predicted octanol–water partition coefficient (Wildman–Crippen LogP) is 2.28. The summed E-state index contributed by atoms with van der Waals surface area (Å²) in [7, 11) is 0. The number of hydrogen-bond donors (Lipinski definition) is 2. The van der Waals surface area contributed by atoms with Crippen LogP contribution in [-0.4, -0.2) is 4.98 Å². The third-order valence-electron chi connectivity index (χ3n) is 2.39. The molecule has 1 atom stereocenters. The lowest BCUT2D eigenvalue weighted by molar-refractivity contribution is 0.481. The van der Waals surface area contributed by atoms with E-state index in [2.05, 4.69) is 10.4 Å². The highest BCUT2D eigenvalue weighted by atomic mass is 32.1. The van der Waals surface area contributed by atoms with Gasteiger partial charge >= 0.3 is 0 Å². The van der Waals surface area contributed by atoms with Gasteiger partial charge in [-0.25, -0.2) is 19.2 Å². The number of hydrazine groups is 1. The number of aryl methyl sites for hydroxylation is 1. The van der Waals surface area contributed by atoms with Crippen LogP contribution < -0.4 is 11.3 Å². The number of rotatable bonds is 3. The van der Waals surface area contributed by atoms with Crippen LogP contribution >= 0.6 is 11.3 Å². The van der Waals surface area contributed by atoms with Crippen LogP contribution in [0.15, 0.2) is 23.6 Å². The molecule has 0 amide bonds. The minimum atomic E-state index is -0.902. The van der Waals surface area contributed by atoms with E-state index in [1.165, 1.54) is 23.5 Å². The summed E-state index contributed by atoms with van der Waals surface area (Å²) in [6.45, 7) is 1.84. The second kappa shape index (κ2) is 4.87. The van der Waals surface area contributed by atoms with Gasteiger partial charge in [0.05, 0.1) is 16.7 Å². The van der Waals surface area contributed by atoms with Crippen molar-refractivity contribution < 1.29 is 8.78 Å². The number of aromatic nitrogens is 1. The fourth-order valence-electron chi connectivity index (χ4n) is 1.59. The van der Waals surface area contributed by atoms with Gasteiger partial charge in [0.2, 0.25) is 0 Å². The van der Waals surface area contributed by atoms with Crippen LogP contribution in [0.25, 0.3) is 0 Å².